The first-order valence-electron chi connectivity index (χ1n) is 10.7. The number of ether oxygens (including phenoxy) is 1. The summed E-state index contributed by atoms with van der Waals surface area (Å²) < 4.78 is 10.7. The van der Waals surface area contributed by atoms with Gasteiger partial charge < -0.3 is 24.8 Å². The van der Waals surface area contributed by atoms with Gasteiger partial charge in [-0.05, 0) is 51.0 Å². The molecule has 2 aliphatic rings. The van der Waals surface area contributed by atoms with Gasteiger partial charge in [-0.2, -0.15) is 0 Å². The molecule has 0 fully saturated rings. The molecule has 0 aliphatic carbocycles. The summed E-state index contributed by atoms with van der Waals surface area (Å²) in [6, 6.07) is 5.95. The van der Waals surface area contributed by atoms with Gasteiger partial charge in [0.1, 0.15) is 23.6 Å². The minimum absolute atomic E-state index is 0.142. The van der Waals surface area contributed by atoms with Crippen LogP contribution in [0.1, 0.15) is 32.8 Å². The van der Waals surface area contributed by atoms with Gasteiger partial charge >= 0.3 is 6.09 Å². The second-order valence-corrected chi connectivity index (χ2v) is 9.11. The summed E-state index contributed by atoms with van der Waals surface area (Å²) in [6.07, 6.45) is 6.69. The summed E-state index contributed by atoms with van der Waals surface area (Å²) in [5.41, 5.74) is 3.50. The van der Waals surface area contributed by atoms with E-state index in [4.69, 9.17) is 9.26 Å². The lowest BCUT2D eigenvalue weighted by molar-refractivity contribution is 0.0265. The van der Waals surface area contributed by atoms with E-state index in [1.54, 1.807) is 17.4 Å². The highest BCUT2D eigenvalue weighted by molar-refractivity contribution is 5.81. The molecule has 0 saturated carbocycles. The summed E-state index contributed by atoms with van der Waals surface area (Å²) in [5.74, 6) is 1.63. The molecule has 9 heteroatoms. The maximum atomic E-state index is 12.3. The van der Waals surface area contributed by atoms with Crippen LogP contribution in [0.4, 0.5) is 22.1 Å². The lowest BCUT2D eigenvalue weighted by atomic mass is 9.97. The van der Waals surface area contributed by atoms with Crippen LogP contribution in [0.15, 0.2) is 46.9 Å². The molecule has 0 spiro atoms. The highest BCUT2D eigenvalue weighted by Gasteiger charge is 2.31. The van der Waals surface area contributed by atoms with Crippen molar-refractivity contribution in [3.8, 4) is 0 Å². The van der Waals surface area contributed by atoms with E-state index in [9.17, 15) is 4.79 Å². The first kappa shape index (κ1) is 20.3. The van der Waals surface area contributed by atoms with Crippen molar-refractivity contribution in [1.29, 1.82) is 0 Å². The number of carbonyl (C=O) groups excluding carboxylic acids is 1. The van der Waals surface area contributed by atoms with E-state index < -0.39 is 5.60 Å². The third-order valence-electron chi connectivity index (χ3n) is 5.62. The molecule has 0 saturated heterocycles. The van der Waals surface area contributed by atoms with Crippen molar-refractivity contribution in [2.45, 2.75) is 45.3 Å². The first-order chi connectivity index (χ1) is 15.4. The number of rotatable bonds is 3. The number of hydrogen-bond donors (Lipinski definition) is 2. The average molecular weight is 435 g/mol. The molecule has 2 N–H and O–H groups in total. The Morgan fingerprint density at radius 3 is 2.97 bits per heavy atom. The molecule has 2 aromatic heterocycles. The van der Waals surface area contributed by atoms with Crippen molar-refractivity contribution in [3.63, 3.8) is 0 Å². The Morgan fingerprint density at radius 2 is 2.19 bits per heavy atom. The molecule has 4 heterocycles. The maximum absolute atomic E-state index is 12.3. The third kappa shape index (κ3) is 4.10. The van der Waals surface area contributed by atoms with Gasteiger partial charge in [-0.15, -0.1) is 0 Å². The van der Waals surface area contributed by atoms with Gasteiger partial charge in [0.15, 0.2) is 5.58 Å². The second kappa shape index (κ2) is 7.81. The third-order valence-corrected chi connectivity index (χ3v) is 5.62. The molecule has 5 rings (SSSR count). The molecule has 1 aromatic carbocycles. The quantitative estimate of drug-likeness (QED) is 0.589. The van der Waals surface area contributed by atoms with Gasteiger partial charge in [-0.25, -0.2) is 14.8 Å². The summed E-state index contributed by atoms with van der Waals surface area (Å²) in [5, 5.41) is 11.7. The number of aromatic nitrogens is 3. The largest absolute Gasteiger partial charge is 0.444 e. The van der Waals surface area contributed by atoms with E-state index in [-0.39, 0.29) is 12.1 Å². The number of fused-ring (bicyclic) bond motifs is 2. The number of nitrogens with zero attached hydrogens (tertiary/aromatic N) is 4. The van der Waals surface area contributed by atoms with Gasteiger partial charge in [-0.3, -0.25) is 0 Å². The zero-order valence-corrected chi connectivity index (χ0v) is 18.4. The van der Waals surface area contributed by atoms with Gasteiger partial charge in [0.25, 0.3) is 0 Å². The van der Waals surface area contributed by atoms with E-state index >= 15 is 0 Å². The van der Waals surface area contributed by atoms with E-state index in [0.717, 1.165) is 46.7 Å². The van der Waals surface area contributed by atoms with Crippen LogP contribution >= 0.6 is 0 Å². The van der Waals surface area contributed by atoms with E-state index in [1.165, 1.54) is 5.57 Å². The van der Waals surface area contributed by atoms with Gasteiger partial charge in [0.2, 0.25) is 0 Å². The predicted octanol–water partition coefficient (Wildman–Crippen LogP) is 4.27. The molecule has 0 radical (unpaired) electrons. The summed E-state index contributed by atoms with van der Waals surface area (Å²) in [4.78, 5) is 23.0. The minimum atomic E-state index is -0.490. The van der Waals surface area contributed by atoms with E-state index in [2.05, 4.69) is 31.8 Å². The topological polar surface area (TPSA) is 105 Å². The van der Waals surface area contributed by atoms with Gasteiger partial charge in [0.05, 0.1) is 12.2 Å². The van der Waals surface area contributed by atoms with Crippen LogP contribution in [0.2, 0.25) is 0 Å². The zero-order valence-electron chi connectivity index (χ0n) is 18.4. The molecule has 1 amide bonds. The van der Waals surface area contributed by atoms with Crippen molar-refractivity contribution < 1.29 is 14.1 Å². The van der Waals surface area contributed by atoms with Crippen LogP contribution in [0.3, 0.4) is 0 Å². The van der Waals surface area contributed by atoms with Gasteiger partial charge in [0, 0.05) is 36.1 Å². The van der Waals surface area contributed by atoms with Crippen LogP contribution in [-0.4, -0.2) is 50.9 Å². The standard InChI is InChI=1S/C23H26N6O3/c1-23(2,3)31-22(30)29-8-6-14(7-9-29)18-11-17-20(24-13-25-21(17)28-18)27-16-4-5-19-15(10-16)12-26-32-19/h4-6,10,12-13,18H,7-9,11H2,1-3H3,(H2,24,25,27,28). The summed E-state index contributed by atoms with van der Waals surface area (Å²) in [6.45, 7) is 6.84. The monoisotopic (exact) mass is 434 g/mol. The van der Waals surface area contributed by atoms with Crippen LogP contribution in [-0.2, 0) is 11.2 Å². The molecule has 1 unspecified atom stereocenters. The summed E-state index contributed by atoms with van der Waals surface area (Å²) in [7, 11) is 0. The highest BCUT2D eigenvalue weighted by atomic mass is 16.6. The van der Waals surface area contributed by atoms with Crippen molar-refractivity contribution in [1.82, 2.24) is 20.0 Å². The first-order valence-corrected chi connectivity index (χ1v) is 10.7. The predicted molar refractivity (Wildman–Crippen MR) is 121 cm³/mol. The molecule has 3 aromatic rings. The number of anilines is 3. The molecule has 0 bridgehead atoms. The average Bonchev–Trinajstić information content (AvgIpc) is 3.40. The van der Waals surface area contributed by atoms with Crippen molar-refractivity contribution in [2.75, 3.05) is 23.7 Å². The van der Waals surface area contributed by atoms with Crippen molar-refractivity contribution >= 4 is 34.4 Å². The lowest BCUT2D eigenvalue weighted by Gasteiger charge is -2.31. The number of nitrogens with one attached hydrogen (secondary N) is 2. The fourth-order valence-corrected chi connectivity index (χ4v) is 4.06. The van der Waals surface area contributed by atoms with Crippen molar-refractivity contribution in [3.05, 3.63) is 47.9 Å². The molecule has 166 valence electrons. The van der Waals surface area contributed by atoms with Crippen LogP contribution in [0.25, 0.3) is 11.0 Å². The Kier molecular flexibility index (Phi) is 4.96. The number of benzene rings is 1. The molecule has 9 nitrogen and oxygen atoms in total. The van der Waals surface area contributed by atoms with Crippen LogP contribution in [0, 0.1) is 0 Å². The molecular formula is C23H26N6O3. The Balaban J connectivity index is 1.28. The van der Waals surface area contributed by atoms with Crippen molar-refractivity contribution in [2.24, 2.45) is 0 Å². The number of carbonyl (C=O) groups is 1. The zero-order chi connectivity index (χ0) is 22.3. The molecular weight excluding hydrogens is 408 g/mol. The lowest BCUT2D eigenvalue weighted by Crippen LogP contribution is -2.40. The molecule has 1 atom stereocenters. The minimum Gasteiger partial charge on any atom is -0.444 e. The maximum Gasteiger partial charge on any atom is 0.410 e. The van der Waals surface area contributed by atoms with Gasteiger partial charge in [-0.1, -0.05) is 11.2 Å². The van der Waals surface area contributed by atoms with E-state index in [1.807, 2.05) is 39.0 Å². The SMILES string of the molecule is CC(C)(C)OC(=O)N1CC=C(C2Cc3c(Nc4ccc5oncc5c4)ncnc3N2)CC1. The second-order valence-electron chi connectivity index (χ2n) is 9.11. The summed E-state index contributed by atoms with van der Waals surface area (Å²) >= 11 is 0. The Morgan fingerprint density at radius 1 is 1.31 bits per heavy atom. The molecule has 32 heavy (non-hydrogen) atoms. The fourth-order valence-electron chi connectivity index (χ4n) is 4.06. The number of hydrogen-bond acceptors (Lipinski definition) is 8. The van der Waals surface area contributed by atoms with E-state index in [0.29, 0.717) is 13.1 Å². The highest BCUT2D eigenvalue weighted by Crippen LogP contribution is 2.34. The smallest absolute Gasteiger partial charge is 0.410 e. The fraction of sp³-hybridized carbons (Fsp3) is 0.391. The molecule has 2 aliphatic heterocycles. The Bertz CT molecular complexity index is 1200. The number of amides is 1. The van der Waals surface area contributed by atoms with Crippen LogP contribution in [0.5, 0.6) is 0 Å². The Labute approximate surface area is 185 Å². The Hall–Kier alpha value is -3.62. The normalized spacial score (nSPS) is 18.2. The van der Waals surface area contributed by atoms with Crippen LogP contribution < -0.4 is 10.6 Å².